The van der Waals surface area contributed by atoms with Gasteiger partial charge in [0.2, 0.25) is 0 Å². The molecule has 2 heteroatoms. The molecule has 1 aliphatic rings. The van der Waals surface area contributed by atoms with Crippen molar-refractivity contribution in [3.63, 3.8) is 0 Å². The summed E-state index contributed by atoms with van der Waals surface area (Å²) in [7, 11) is 0. The predicted molar refractivity (Wildman–Crippen MR) is 68.1 cm³/mol. The Labute approximate surface area is 99.5 Å². The second-order valence-corrected chi connectivity index (χ2v) is 4.66. The van der Waals surface area contributed by atoms with E-state index in [1.807, 2.05) is 0 Å². The molecule has 0 fully saturated rings. The maximum atomic E-state index is 5.83. The summed E-state index contributed by atoms with van der Waals surface area (Å²) >= 11 is 0. The van der Waals surface area contributed by atoms with E-state index < -0.39 is 0 Å². The van der Waals surface area contributed by atoms with Gasteiger partial charge in [-0.3, -0.25) is 0 Å². The highest BCUT2D eigenvalue weighted by Crippen LogP contribution is 2.25. The van der Waals surface area contributed by atoms with E-state index >= 15 is 0 Å². The van der Waals surface area contributed by atoms with Crippen molar-refractivity contribution in [1.29, 1.82) is 0 Å². The average Bonchev–Trinajstić information content (AvgIpc) is 2.28. The number of ether oxygens (including phenoxy) is 1. The van der Waals surface area contributed by atoms with Crippen molar-refractivity contribution in [2.24, 2.45) is 11.8 Å². The maximum absolute atomic E-state index is 5.83. The van der Waals surface area contributed by atoms with Crippen molar-refractivity contribution in [1.82, 2.24) is 5.32 Å². The van der Waals surface area contributed by atoms with E-state index in [0.29, 0.717) is 12.5 Å². The largest absolute Gasteiger partial charge is 0.377 e. The summed E-state index contributed by atoms with van der Waals surface area (Å²) in [6, 6.07) is 0. The predicted octanol–water partition coefficient (Wildman–Crippen LogP) is 2.22. The fraction of sp³-hybridized carbons (Fsp3) is 0.714. The first kappa shape index (κ1) is 13.3. The van der Waals surface area contributed by atoms with Gasteiger partial charge in [-0.1, -0.05) is 25.0 Å². The van der Waals surface area contributed by atoms with Crippen LogP contribution in [0.3, 0.4) is 0 Å². The minimum atomic E-state index is 0.242. The van der Waals surface area contributed by atoms with E-state index in [2.05, 4.69) is 37.2 Å². The van der Waals surface area contributed by atoms with Crippen LogP contribution in [0.1, 0.15) is 26.7 Å². The topological polar surface area (TPSA) is 21.3 Å². The van der Waals surface area contributed by atoms with Crippen LogP contribution < -0.4 is 5.32 Å². The van der Waals surface area contributed by atoms with Gasteiger partial charge in [-0.15, -0.1) is 6.42 Å². The number of allylic oxidation sites excluding steroid dienone is 2. The van der Waals surface area contributed by atoms with Gasteiger partial charge >= 0.3 is 0 Å². The standard InChI is InChI=1S/C14H23NO/c1-4-9-15-10-13(3)16-11-14-8-6-5-7-12(14)2/h1,5-6,12-15H,7-11H2,2-3H3. The summed E-state index contributed by atoms with van der Waals surface area (Å²) in [4.78, 5) is 0. The Bertz CT molecular complexity index is 254. The van der Waals surface area contributed by atoms with Crippen LogP contribution in [0.25, 0.3) is 0 Å². The van der Waals surface area contributed by atoms with Gasteiger partial charge in [0.1, 0.15) is 0 Å². The molecule has 1 N–H and O–H groups in total. The second kappa shape index (κ2) is 7.49. The molecule has 1 aliphatic carbocycles. The van der Waals surface area contributed by atoms with Gasteiger partial charge in [0, 0.05) is 6.54 Å². The number of nitrogens with one attached hydrogen (secondary N) is 1. The van der Waals surface area contributed by atoms with Gasteiger partial charge in [-0.25, -0.2) is 0 Å². The van der Waals surface area contributed by atoms with Crippen LogP contribution in [-0.4, -0.2) is 25.8 Å². The fourth-order valence-electron chi connectivity index (χ4n) is 1.93. The third kappa shape index (κ3) is 4.83. The molecule has 0 aromatic rings. The summed E-state index contributed by atoms with van der Waals surface area (Å²) in [5.74, 6) is 3.99. The van der Waals surface area contributed by atoms with Gasteiger partial charge in [0.25, 0.3) is 0 Å². The molecule has 0 bridgehead atoms. The maximum Gasteiger partial charge on any atom is 0.0671 e. The molecule has 3 atom stereocenters. The molecule has 0 aromatic carbocycles. The van der Waals surface area contributed by atoms with Crippen LogP contribution >= 0.6 is 0 Å². The van der Waals surface area contributed by atoms with Crippen LogP contribution in [0.5, 0.6) is 0 Å². The SMILES string of the molecule is C#CCNCC(C)OCC1CC=CCC1C. The van der Waals surface area contributed by atoms with E-state index in [1.54, 1.807) is 0 Å². The zero-order valence-electron chi connectivity index (χ0n) is 10.4. The lowest BCUT2D eigenvalue weighted by atomic mass is 9.85. The lowest BCUT2D eigenvalue weighted by Crippen LogP contribution is -2.30. The first-order valence-corrected chi connectivity index (χ1v) is 6.14. The zero-order valence-corrected chi connectivity index (χ0v) is 10.4. The first-order valence-electron chi connectivity index (χ1n) is 6.14. The van der Waals surface area contributed by atoms with E-state index in [1.165, 1.54) is 6.42 Å². The number of hydrogen-bond donors (Lipinski definition) is 1. The molecular formula is C14H23NO. The monoisotopic (exact) mass is 221 g/mol. The molecule has 0 aliphatic heterocycles. The van der Waals surface area contributed by atoms with Gasteiger partial charge in [0.15, 0.2) is 0 Å². The Morgan fingerprint density at radius 2 is 2.25 bits per heavy atom. The number of terminal acetylenes is 1. The average molecular weight is 221 g/mol. The third-order valence-corrected chi connectivity index (χ3v) is 3.17. The second-order valence-electron chi connectivity index (χ2n) is 4.66. The minimum absolute atomic E-state index is 0.242. The Morgan fingerprint density at radius 3 is 2.94 bits per heavy atom. The molecule has 0 heterocycles. The lowest BCUT2D eigenvalue weighted by Gasteiger charge is -2.26. The number of rotatable bonds is 6. The third-order valence-electron chi connectivity index (χ3n) is 3.17. The zero-order chi connectivity index (χ0) is 11.8. The highest BCUT2D eigenvalue weighted by molar-refractivity contribution is 4.93. The van der Waals surface area contributed by atoms with Gasteiger partial charge in [-0.05, 0) is 31.6 Å². The van der Waals surface area contributed by atoms with Crippen molar-refractivity contribution in [2.45, 2.75) is 32.8 Å². The summed E-state index contributed by atoms with van der Waals surface area (Å²) in [6.45, 7) is 6.72. The van der Waals surface area contributed by atoms with Crippen molar-refractivity contribution in [2.75, 3.05) is 19.7 Å². The van der Waals surface area contributed by atoms with E-state index in [-0.39, 0.29) is 6.10 Å². The van der Waals surface area contributed by atoms with E-state index in [0.717, 1.165) is 25.5 Å². The molecule has 0 saturated carbocycles. The summed E-state index contributed by atoms with van der Waals surface area (Å²) < 4.78 is 5.83. The van der Waals surface area contributed by atoms with Crippen LogP contribution in [0.4, 0.5) is 0 Å². The molecule has 0 radical (unpaired) electrons. The highest BCUT2D eigenvalue weighted by atomic mass is 16.5. The minimum Gasteiger partial charge on any atom is -0.377 e. The van der Waals surface area contributed by atoms with Crippen molar-refractivity contribution >= 4 is 0 Å². The first-order chi connectivity index (χ1) is 7.74. The molecule has 0 aromatic heterocycles. The molecular weight excluding hydrogens is 198 g/mol. The van der Waals surface area contributed by atoms with Crippen molar-refractivity contribution in [3.8, 4) is 12.3 Å². The Morgan fingerprint density at radius 1 is 1.50 bits per heavy atom. The van der Waals surface area contributed by atoms with Crippen LogP contribution in [0.15, 0.2) is 12.2 Å². The summed E-state index contributed by atoms with van der Waals surface area (Å²) in [5, 5.41) is 3.16. The van der Waals surface area contributed by atoms with Gasteiger partial charge < -0.3 is 10.1 Å². The van der Waals surface area contributed by atoms with Crippen LogP contribution in [0.2, 0.25) is 0 Å². The quantitative estimate of drug-likeness (QED) is 0.422. The van der Waals surface area contributed by atoms with Crippen molar-refractivity contribution in [3.05, 3.63) is 12.2 Å². The fourth-order valence-corrected chi connectivity index (χ4v) is 1.93. The molecule has 16 heavy (non-hydrogen) atoms. The molecule has 0 saturated heterocycles. The van der Waals surface area contributed by atoms with E-state index in [9.17, 15) is 0 Å². The van der Waals surface area contributed by atoms with Crippen LogP contribution in [0, 0.1) is 24.2 Å². The Kier molecular flexibility index (Phi) is 6.22. The molecule has 90 valence electrons. The van der Waals surface area contributed by atoms with Crippen molar-refractivity contribution < 1.29 is 4.74 Å². The molecule has 2 nitrogen and oxygen atoms in total. The van der Waals surface area contributed by atoms with Gasteiger partial charge in [0.05, 0.1) is 19.3 Å². The molecule has 0 spiro atoms. The summed E-state index contributed by atoms with van der Waals surface area (Å²) in [6.07, 6.45) is 12.3. The molecule has 0 amide bonds. The highest BCUT2D eigenvalue weighted by Gasteiger charge is 2.19. The lowest BCUT2D eigenvalue weighted by molar-refractivity contribution is 0.0275. The molecule has 3 unspecified atom stereocenters. The molecule has 1 rings (SSSR count). The summed E-state index contributed by atoms with van der Waals surface area (Å²) in [5.41, 5.74) is 0. The van der Waals surface area contributed by atoms with Crippen LogP contribution in [-0.2, 0) is 4.74 Å². The van der Waals surface area contributed by atoms with Gasteiger partial charge in [-0.2, -0.15) is 0 Å². The smallest absolute Gasteiger partial charge is 0.0671 e. The Balaban J connectivity index is 2.13. The van der Waals surface area contributed by atoms with E-state index in [4.69, 9.17) is 11.2 Å². The Hall–Kier alpha value is -0.780. The normalized spacial score (nSPS) is 26.3. The number of hydrogen-bond acceptors (Lipinski definition) is 2.